The second-order valence-electron chi connectivity index (χ2n) is 6.86. The second kappa shape index (κ2) is 7.48. The fraction of sp³-hybridized carbons (Fsp3) is 0.130. The third-order valence-electron chi connectivity index (χ3n) is 4.98. The minimum atomic E-state index is -1.86. The van der Waals surface area contributed by atoms with Gasteiger partial charge < -0.3 is 10.0 Å². The molecule has 140 valence electrons. The highest BCUT2D eigenvalue weighted by atomic mass is 127. The van der Waals surface area contributed by atoms with Crippen molar-refractivity contribution < 1.29 is 14.7 Å². The van der Waals surface area contributed by atoms with Gasteiger partial charge in [-0.2, -0.15) is 0 Å². The summed E-state index contributed by atoms with van der Waals surface area (Å²) < 4.78 is 1.07. The molecule has 0 bridgehead atoms. The fourth-order valence-corrected chi connectivity index (χ4v) is 4.22. The van der Waals surface area contributed by atoms with Crippen molar-refractivity contribution in [3.63, 3.8) is 0 Å². The van der Waals surface area contributed by atoms with Crippen molar-refractivity contribution in [2.24, 2.45) is 0 Å². The number of ketones is 1. The largest absolute Gasteiger partial charge is 0.375 e. The van der Waals surface area contributed by atoms with Crippen molar-refractivity contribution in [3.05, 3.63) is 99.1 Å². The standard InChI is InChI=1S/C23H18INO3/c24-18-10-6-7-16(13-18)15-25-20-12-5-4-11-19(20)23(28,22(25)27)14-21(26)17-8-2-1-3-9-17/h1-13,28H,14-15H2/t23-/m0/s1. The topological polar surface area (TPSA) is 57.6 Å². The van der Waals surface area contributed by atoms with Crippen LogP contribution in [0.4, 0.5) is 5.69 Å². The highest BCUT2D eigenvalue weighted by Gasteiger charge is 2.50. The van der Waals surface area contributed by atoms with Crippen LogP contribution < -0.4 is 4.90 Å². The molecule has 0 aliphatic carbocycles. The van der Waals surface area contributed by atoms with Crippen molar-refractivity contribution in [2.75, 3.05) is 4.90 Å². The molecule has 1 aliphatic rings. The van der Waals surface area contributed by atoms with Crippen LogP contribution in [-0.2, 0) is 16.9 Å². The summed E-state index contributed by atoms with van der Waals surface area (Å²) in [5.74, 6) is -0.723. The minimum absolute atomic E-state index is 0.262. The third-order valence-corrected chi connectivity index (χ3v) is 5.65. The highest BCUT2D eigenvalue weighted by molar-refractivity contribution is 14.1. The molecule has 1 amide bonds. The zero-order valence-corrected chi connectivity index (χ0v) is 17.2. The molecule has 3 aromatic rings. The summed E-state index contributed by atoms with van der Waals surface area (Å²) in [4.78, 5) is 27.6. The van der Waals surface area contributed by atoms with E-state index < -0.39 is 11.5 Å². The Morgan fingerprint density at radius 2 is 1.68 bits per heavy atom. The first kappa shape index (κ1) is 18.8. The van der Waals surface area contributed by atoms with Gasteiger partial charge in [0.15, 0.2) is 11.4 Å². The summed E-state index contributed by atoms with van der Waals surface area (Å²) in [5.41, 5.74) is 0.724. The fourth-order valence-electron chi connectivity index (χ4n) is 3.61. The van der Waals surface area contributed by atoms with Gasteiger partial charge in [0.05, 0.1) is 18.7 Å². The van der Waals surface area contributed by atoms with Crippen molar-refractivity contribution in [1.82, 2.24) is 0 Å². The average molecular weight is 483 g/mol. The molecule has 1 atom stereocenters. The Morgan fingerprint density at radius 1 is 0.964 bits per heavy atom. The van der Waals surface area contributed by atoms with Gasteiger partial charge in [-0.05, 0) is 46.4 Å². The summed E-state index contributed by atoms with van der Waals surface area (Å²) in [6, 6.07) is 23.8. The maximum Gasteiger partial charge on any atom is 0.264 e. The molecule has 28 heavy (non-hydrogen) atoms. The Kier molecular flexibility index (Phi) is 5.03. The first-order valence-corrected chi connectivity index (χ1v) is 10.0. The predicted molar refractivity (Wildman–Crippen MR) is 116 cm³/mol. The molecule has 0 spiro atoms. The van der Waals surface area contributed by atoms with Gasteiger partial charge in [-0.15, -0.1) is 0 Å². The molecule has 1 N–H and O–H groups in total. The molecule has 1 heterocycles. The zero-order chi connectivity index (χ0) is 19.7. The van der Waals surface area contributed by atoms with Crippen molar-refractivity contribution in [3.8, 4) is 0 Å². The third kappa shape index (κ3) is 3.36. The Morgan fingerprint density at radius 3 is 2.43 bits per heavy atom. The molecule has 4 rings (SSSR count). The van der Waals surface area contributed by atoms with E-state index in [2.05, 4.69) is 22.6 Å². The number of aliphatic hydroxyl groups is 1. The van der Waals surface area contributed by atoms with Crippen LogP contribution in [0.3, 0.4) is 0 Å². The summed E-state index contributed by atoms with van der Waals surface area (Å²) >= 11 is 2.23. The maximum absolute atomic E-state index is 13.3. The van der Waals surface area contributed by atoms with Crippen LogP contribution in [0.1, 0.15) is 27.9 Å². The molecule has 3 aromatic carbocycles. The first-order chi connectivity index (χ1) is 13.5. The van der Waals surface area contributed by atoms with Crippen LogP contribution in [-0.4, -0.2) is 16.8 Å². The van der Waals surface area contributed by atoms with E-state index in [1.165, 1.54) is 0 Å². The van der Waals surface area contributed by atoms with Gasteiger partial charge in [-0.3, -0.25) is 9.59 Å². The summed E-state index contributed by atoms with van der Waals surface area (Å²) in [5, 5.41) is 11.3. The van der Waals surface area contributed by atoms with E-state index in [4.69, 9.17) is 0 Å². The van der Waals surface area contributed by atoms with Crippen LogP contribution in [0.2, 0.25) is 0 Å². The van der Waals surface area contributed by atoms with E-state index in [9.17, 15) is 14.7 Å². The van der Waals surface area contributed by atoms with Gasteiger partial charge in [0.25, 0.3) is 5.91 Å². The lowest BCUT2D eigenvalue weighted by Gasteiger charge is -2.23. The van der Waals surface area contributed by atoms with Gasteiger partial charge in [0.2, 0.25) is 0 Å². The molecule has 5 heteroatoms. The number of fused-ring (bicyclic) bond motifs is 1. The number of hydrogen-bond donors (Lipinski definition) is 1. The first-order valence-electron chi connectivity index (χ1n) is 8.95. The van der Waals surface area contributed by atoms with Crippen LogP contribution in [0.15, 0.2) is 78.9 Å². The molecule has 0 saturated carbocycles. The van der Waals surface area contributed by atoms with Crippen LogP contribution >= 0.6 is 22.6 Å². The maximum atomic E-state index is 13.3. The number of para-hydroxylation sites is 1. The van der Waals surface area contributed by atoms with Crippen LogP contribution in [0.25, 0.3) is 0 Å². The van der Waals surface area contributed by atoms with Crippen LogP contribution in [0, 0.1) is 3.57 Å². The Balaban J connectivity index is 1.69. The van der Waals surface area contributed by atoms with E-state index in [1.807, 2.05) is 42.5 Å². The molecule has 0 aromatic heterocycles. The van der Waals surface area contributed by atoms with E-state index in [-0.39, 0.29) is 12.2 Å². The Labute approximate surface area is 177 Å². The molecule has 0 fully saturated rings. The van der Waals surface area contributed by atoms with Gasteiger partial charge in [-0.25, -0.2) is 0 Å². The molecular formula is C23H18INO3. The quantitative estimate of drug-likeness (QED) is 0.435. The number of nitrogens with zero attached hydrogens (tertiary/aromatic N) is 1. The average Bonchev–Trinajstić information content (AvgIpc) is 2.91. The summed E-state index contributed by atoms with van der Waals surface area (Å²) in [6.45, 7) is 0.342. The number of carbonyl (C=O) groups excluding carboxylic acids is 2. The number of rotatable bonds is 5. The molecule has 1 aliphatic heterocycles. The number of carbonyl (C=O) groups is 2. The van der Waals surface area contributed by atoms with Crippen LogP contribution in [0.5, 0.6) is 0 Å². The predicted octanol–water partition coefficient (Wildman–Crippen LogP) is 4.30. The number of amides is 1. The van der Waals surface area contributed by atoms with E-state index in [0.29, 0.717) is 23.4 Å². The van der Waals surface area contributed by atoms with E-state index >= 15 is 0 Å². The number of benzene rings is 3. The lowest BCUT2D eigenvalue weighted by molar-refractivity contribution is -0.136. The molecule has 0 radical (unpaired) electrons. The molecule has 4 nitrogen and oxygen atoms in total. The monoisotopic (exact) mass is 483 g/mol. The Bertz CT molecular complexity index is 1050. The minimum Gasteiger partial charge on any atom is -0.375 e. The SMILES string of the molecule is O=C(C[C@@]1(O)C(=O)N(Cc2cccc(I)c2)c2ccccc21)c1ccccc1. The lowest BCUT2D eigenvalue weighted by Crippen LogP contribution is -2.41. The van der Waals surface area contributed by atoms with Gasteiger partial charge >= 0.3 is 0 Å². The number of hydrogen-bond acceptors (Lipinski definition) is 3. The normalized spacial score (nSPS) is 18.2. The number of anilines is 1. The van der Waals surface area contributed by atoms with Crippen molar-refractivity contribution >= 4 is 40.0 Å². The van der Waals surface area contributed by atoms with Crippen molar-refractivity contribution in [1.29, 1.82) is 0 Å². The number of halogens is 1. The zero-order valence-electron chi connectivity index (χ0n) is 15.0. The lowest BCUT2D eigenvalue weighted by atomic mass is 9.88. The molecule has 0 saturated heterocycles. The van der Waals surface area contributed by atoms with E-state index in [1.54, 1.807) is 41.3 Å². The number of Topliss-reactive ketones (excluding diaryl/α,β-unsaturated/α-hetero) is 1. The van der Waals surface area contributed by atoms with Gasteiger partial charge in [0.1, 0.15) is 0 Å². The van der Waals surface area contributed by atoms with Gasteiger partial charge in [0, 0.05) is 14.7 Å². The molecular weight excluding hydrogens is 465 g/mol. The highest BCUT2D eigenvalue weighted by Crippen LogP contribution is 2.43. The Hall–Kier alpha value is -2.51. The van der Waals surface area contributed by atoms with Gasteiger partial charge in [-0.1, -0.05) is 60.7 Å². The van der Waals surface area contributed by atoms with E-state index in [0.717, 1.165) is 9.13 Å². The summed E-state index contributed by atoms with van der Waals surface area (Å²) in [6.07, 6.45) is -0.282. The smallest absolute Gasteiger partial charge is 0.264 e. The van der Waals surface area contributed by atoms with Crippen molar-refractivity contribution in [2.45, 2.75) is 18.6 Å². The second-order valence-corrected chi connectivity index (χ2v) is 8.11. The summed E-state index contributed by atoms with van der Waals surface area (Å²) in [7, 11) is 0. The molecule has 0 unspecified atom stereocenters.